The van der Waals surface area contributed by atoms with Gasteiger partial charge in [0.1, 0.15) is 17.6 Å². The number of halogens is 1. The van der Waals surface area contributed by atoms with E-state index >= 15 is 0 Å². The number of nitrogens with zero attached hydrogens (tertiary/aromatic N) is 3. The van der Waals surface area contributed by atoms with Crippen molar-refractivity contribution < 1.29 is 28.6 Å². The summed E-state index contributed by atoms with van der Waals surface area (Å²) in [5, 5.41) is 13.1. The second kappa shape index (κ2) is 10.8. The van der Waals surface area contributed by atoms with E-state index in [1.165, 1.54) is 30.7 Å². The Hall–Kier alpha value is -2.95. The van der Waals surface area contributed by atoms with Crippen molar-refractivity contribution in [1.29, 1.82) is 0 Å². The number of aromatic nitrogens is 2. The Kier molecular flexibility index (Phi) is 7.58. The zero-order chi connectivity index (χ0) is 23.2. The number of amides is 2. The van der Waals surface area contributed by atoms with Crippen LogP contribution >= 0.6 is 0 Å². The van der Waals surface area contributed by atoms with Gasteiger partial charge in [-0.2, -0.15) is 0 Å². The summed E-state index contributed by atoms with van der Waals surface area (Å²) in [6.45, 7) is 0.696. The fourth-order valence-corrected chi connectivity index (χ4v) is 4.21. The van der Waals surface area contributed by atoms with E-state index < -0.39 is 12.2 Å². The van der Waals surface area contributed by atoms with Gasteiger partial charge < -0.3 is 24.8 Å². The second-order valence-corrected chi connectivity index (χ2v) is 8.29. The van der Waals surface area contributed by atoms with Crippen LogP contribution in [0.3, 0.4) is 0 Å². The van der Waals surface area contributed by atoms with Gasteiger partial charge in [0.15, 0.2) is 0 Å². The molecule has 4 rings (SSSR count). The Bertz CT molecular complexity index is 946. The maximum Gasteiger partial charge on any atom is 0.274 e. The fourth-order valence-electron chi connectivity index (χ4n) is 4.21. The fraction of sp³-hybridized carbons (Fsp3) is 0.478. The lowest BCUT2D eigenvalue weighted by molar-refractivity contribution is -0.151. The molecule has 3 heterocycles. The first-order valence-electron chi connectivity index (χ1n) is 11.0. The molecule has 0 saturated carbocycles. The molecular weight excluding hydrogens is 431 g/mol. The number of rotatable bonds is 5. The van der Waals surface area contributed by atoms with Gasteiger partial charge in [-0.25, -0.2) is 9.37 Å². The average molecular weight is 458 g/mol. The van der Waals surface area contributed by atoms with Crippen LogP contribution in [0, 0.1) is 5.82 Å². The number of aliphatic hydroxyl groups is 1. The maximum absolute atomic E-state index is 13.1. The molecule has 2 saturated heterocycles. The average Bonchev–Trinajstić information content (AvgIpc) is 2.82. The van der Waals surface area contributed by atoms with Crippen LogP contribution in [-0.4, -0.2) is 75.9 Å². The summed E-state index contributed by atoms with van der Waals surface area (Å²) in [6, 6.07) is 5.64. The lowest BCUT2D eigenvalue weighted by Crippen LogP contribution is -2.57. The minimum absolute atomic E-state index is 0.0830. The molecule has 0 unspecified atom stereocenters. The highest BCUT2D eigenvalue weighted by molar-refractivity contribution is 5.92. The van der Waals surface area contributed by atoms with Crippen molar-refractivity contribution in [2.24, 2.45) is 0 Å². The minimum Gasteiger partial charge on any atom is -0.389 e. The van der Waals surface area contributed by atoms with Gasteiger partial charge >= 0.3 is 0 Å². The highest BCUT2D eigenvalue weighted by atomic mass is 19.1. The molecular formula is C23H27FN4O5. The van der Waals surface area contributed by atoms with Gasteiger partial charge in [-0.1, -0.05) is 12.1 Å². The van der Waals surface area contributed by atoms with Gasteiger partial charge in [-0.3, -0.25) is 14.6 Å². The van der Waals surface area contributed by atoms with Crippen LogP contribution in [0.15, 0.2) is 42.9 Å². The standard InChI is InChI=1S/C23H27FN4O5/c24-16-3-1-15(2-4-16)10-27-22(30)9-18-5-6-20-21(33-18)14-32-13-17(29)12-28(20)23(31)19-11-25-7-8-26-19/h1-4,7-8,11,17-18,20-21,29H,5-6,9-10,12-14H2,(H,27,30)/t17-,18-,20-,21+/m0/s1. The maximum atomic E-state index is 13.1. The van der Waals surface area contributed by atoms with Crippen LogP contribution in [0.25, 0.3) is 0 Å². The monoisotopic (exact) mass is 458 g/mol. The third-order valence-corrected chi connectivity index (χ3v) is 5.84. The zero-order valence-corrected chi connectivity index (χ0v) is 18.1. The number of benzene rings is 1. The molecule has 2 amide bonds. The van der Waals surface area contributed by atoms with Gasteiger partial charge in [0, 0.05) is 25.5 Å². The first-order chi connectivity index (χ1) is 16.0. The molecule has 33 heavy (non-hydrogen) atoms. The van der Waals surface area contributed by atoms with Crippen molar-refractivity contribution in [2.45, 2.75) is 50.2 Å². The molecule has 0 radical (unpaired) electrons. The number of β-amino-alcohol motifs (C(OH)–C–C–N with tert-alkyl or cyclic N) is 1. The molecule has 2 fully saturated rings. The SMILES string of the molecule is O=C(C[C@@H]1CC[C@H]2[C@@H](COC[C@@H](O)CN2C(=O)c2cnccn2)O1)NCc1ccc(F)cc1. The summed E-state index contributed by atoms with van der Waals surface area (Å²) in [7, 11) is 0. The first-order valence-corrected chi connectivity index (χ1v) is 11.0. The van der Waals surface area contributed by atoms with Gasteiger partial charge in [0.05, 0.1) is 44.1 Å². The number of carbonyl (C=O) groups excluding carboxylic acids is 2. The number of fused-ring (bicyclic) bond motifs is 1. The van der Waals surface area contributed by atoms with Gasteiger partial charge in [-0.05, 0) is 30.5 Å². The Morgan fingerprint density at radius 1 is 1.18 bits per heavy atom. The smallest absolute Gasteiger partial charge is 0.274 e. The van der Waals surface area contributed by atoms with Crippen LogP contribution in [0.2, 0.25) is 0 Å². The Morgan fingerprint density at radius 3 is 2.76 bits per heavy atom. The highest BCUT2D eigenvalue weighted by Crippen LogP contribution is 2.28. The summed E-state index contributed by atoms with van der Waals surface area (Å²) in [6.07, 6.45) is 4.12. The Morgan fingerprint density at radius 2 is 2.00 bits per heavy atom. The van der Waals surface area contributed by atoms with E-state index in [1.54, 1.807) is 17.0 Å². The van der Waals surface area contributed by atoms with Gasteiger partial charge in [0.2, 0.25) is 5.91 Å². The third kappa shape index (κ3) is 6.10. The van der Waals surface area contributed by atoms with Gasteiger partial charge in [0.25, 0.3) is 5.91 Å². The molecule has 10 heteroatoms. The van der Waals surface area contributed by atoms with E-state index in [1.807, 2.05) is 0 Å². The number of nitrogens with one attached hydrogen (secondary N) is 1. The van der Waals surface area contributed by atoms with E-state index in [0.717, 1.165) is 5.56 Å². The molecule has 2 aliphatic rings. The molecule has 0 bridgehead atoms. The van der Waals surface area contributed by atoms with Crippen molar-refractivity contribution in [3.63, 3.8) is 0 Å². The molecule has 9 nitrogen and oxygen atoms in total. The summed E-state index contributed by atoms with van der Waals surface area (Å²) in [5.41, 5.74) is 1.01. The minimum atomic E-state index is -0.818. The van der Waals surface area contributed by atoms with Crippen LogP contribution in [-0.2, 0) is 20.8 Å². The number of aliphatic hydroxyl groups excluding tert-OH is 1. The number of ether oxygens (including phenoxy) is 2. The predicted octanol–water partition coefficient (Wildman–Crippen LogP) is 1.07. The molecule has 2 aromatic rings. The molecule has 2 N–H and O–H groups in total. The van der Waals surface area contributed by atoms with Crippen molar-refractivity contribution in [3.8, 4) is 0 Å². The van der Waals surface area contributed by atoms with E-state index in [2.05, 4.69) is 15.3 Å². The Balaban J connectivity index is 1.37. The summed E-state index contributed by atoms with van der Waals surface area (Å²) in [5.74, 6) is -0.813. The summed E-state index contributed by atoms with van der Waals surface area (Å²) < 4.78 is 24.8. The predicted molar refractivity (Wildman–Crippen MR) is 114 cm³/mol. The Labute approximate surface area is 190 Å². The number of carbonyl (C=O) groups is 2. The van der Waals surface area contributed by atoms with Crippen molar-refractivity contribution in [3.05, 3.63) is 59.9 Å². The lowest BCUT2D eigenvalue weighted by atomic mass is 9.94. The molecule has 2 aliphatic heterocycles. The first kappa shape index (κ1) is 23.2. The normalized spacial score (nSPS) is 25.5. The lowest BCUT2D eigenvalue weighted by Gasteiger charge is -2.44. The molecule has 1 aromatic carbocycles. The highest BCUT2D eigenvalue weighted by Gasteiger charge is 2.40. The van der Waals surface area contributed by atoms with Crippen LogP contribution < -0.4 is 5.32 Å². The molecule has 0 spiro atoms. The molecule has 176 valence electrons. The molecule has 1 aromatic heterocycles. The van der Waals surface area contributed by atoms with E-state index in [0.29, 0.717) is 19.4 Å². The van der Waals surface area contributed by atoms with E-state index in [-0.39, 0.29) is 61.7 Å². The van der Waals surface area contributed by atoms with E-state index in [9.17, 15) is 19.1 Å². The number of hydrogen-bond donors (Lipinski definition) is 2. The van der Waals surface area contributed by atoms with Crippen molar-refractivity contribution in [1.82, 2.24) is 20.2 Å². The van der Waals surface area contributed by atoms with E-state index in [4.69, 9.17) is 9.47 Å². The summed E-state index contributed by atoms with van der Waals surface area (Å²) >= 11 is 0. The van der Waals surface area contributed by atoms with Crippen LogP contribution in [0.1, 0.15) is 35.3 Å². The van der Waals surface area contributed by atoms with Crippen molar-refractivity contribution >= 4 is 11.8 Å². The molecule has 4 atom stereocenters. The number of hydrogen-bond acceptors (Lipinski definition) is 7. The van der Waals surface area contributed by atoms with Crippen LogP contribution in [0.4, 0.5) is 4.39 Å². The quantitative estimate of drug-likeness (QED) is 0.689. The van der Waals surface area contributed by atoms with Crippen LogP contribution in [0.5, 0.6) is 0 Å². The topological polar surface area (TPSA) is 114 Å². The van der Waals surface area contributed by atoms with Crippen molar-refractivity contribution in [2.75, 3.05) is 19.8 Å². The second-order valence-electron chi connectivity index (χ2n) is 8.29. The zero-order valence-electron chi connectivity index (χ0n) is 18.1. The summed E-state index contributed by atoms with van der Waals surface area (Å²) in [4.78, 5) is 35.2. The molecule has 0 aliphatic carbocycles. The van der Waals surface area contributed by atoms with Gasteiger partial charge in [-0.15, -0.1) is 0 Å². The third-order valence-electron chi connectivity index (χ3n) is 5.84. The largest absolute Gasteiger partial charge is 0.389 e.